The van der Waals surface area contributed by atoms with Gasteiger partial charge < -0.3 is 15.5 Å². The largest absolute Gasteiger partial charge is 0.440 e. The van der Waals surface area contributed by atoms with E-state index in [1.807, 2.05) is 26.0 Å². The molecule has 1 heterocycles. The van der Waals surface area contributed by atoms with E-state index in [0.717, 1.165) is 23.9 Å². The highest BCUT2D eigenvalue weighted by Crippen LogP contribution is 2.33. The molecule has 1 aromatic heterocycles. The summed E-state index contributed by atoms with van der Waals surface area (Å²) in [6.45, 7) is 4.05. The van der Waals surface area contributed by atoms with Crippen LogP contribution < -0.4 is 11.1 Å². The van der Waals surface area contributed by atoms with Gasteiger partial charge in [-0.25, -0.2) is 4.98 Å². The zero-order chi connectivity index (χ0) is 13.6. The van der Waals surface area contributed by atoms with Crippen LogP contribution in [0.15, 0.2) is 22.6 Å². The van der Waals surface area contributed by atoms with Crippen LogP contribution in [0.5, 0.6) is 0 Å². The Morgan fingerprint density at radius 3 is 2.84 bits per heavy atom. The maximum absolute atomic E-state index is 11.9. The Hall–Kier alpha value is -1.88. The zero-order valence-electron chi connectivity index (χ0n) is 11.1. The molecule has 3 N–H and O–H groups in total. The summed E-state index contributed by atoms with van der Waals surface area (Å²) in [6.07, 6.45) is 1.51. The Morgan fingerprint density at radius 2 is 2.21 bits per heavy atom. The second-order valence-corrected chi connectivity index (χ2v) is 5.50. The van der Waals surface area contributed by atoms with E-state index in [2.05, 4.69) is 10.3 Å². The van der Waals surface area contributed by atoms with Crippen LogP contribution in [-0.4, -0.2) is 16.4 Å². The first-order chi connectivity index (χ1) is 8.98. The summed E-state index contributed by atoms with van der Waals surface area (Å²) in [4.78, 5) is 16.3. The summed E-state index contributed by atoms with van der Waals surface area (Å²) in [5.74, 6) is 0.819. The van der Waals surface area contributed by atoms with E-state index in [0.29, 0.717) is 11.6 Å². The summed E-state index contributed by atoms with van der Waals surface area (Å²) in [5.41, 5.74) is 7.37. The van der Waals surface area contributed by atoms with Crippen LogP contribution in [0, 0.1) is 0 Å². The molecule has 1 aliphatic rings. The molecule has 1 amide bonds. The van der Waals surface area contributed by atoms with Gasteiger partial charge in [0.05, 0.1) is 5.54 Å². The van der Waals surface area contributed by atoms with Gasteiger partial charge in [0.25, 0.3) is 0 Å². The number of carbonyl (C=O) groups excluding carboxylic acids is 1. The highest BCUT2D eigenvalue weighted by Gasteiger charge is 2.45. The highest BCUT2D eigenvalue weighted by molar-refractivity contribution is 6.00. The van der Waals surface area contributed by atoms with E-state index in [9.17, 15) is 4.79 Å². The van der Waals surface area contributed by atoms with Crippen LogP contribution in [0.2, 0.25) is 0 Å². The number of fused-ring (bicyclic) bond motifs is 1. The predicted molar refractivity (Wildman–Crippen MR) is 72.9 cm³/mol. The smallest absolute Gasteiger partial charge is 0.244 e. The highest BCUT2D eigenvalue weighted by atomic mass is 16.3. The molecule has 19 heavy (non-hydrogen) atoms. The minimum Gasteiger partial charge on any atom is -0.440 e. The Bertz CT molecular complexity index is 641. The quantitative estimate of drug-likeness (QED) is 0.886. The van der Waals surface area contributed by atoms with Gasteiger partial charge in [0.15, 0.2) is 11.5 Å². The van der Waals surface area contributed by atoms with Crippen LogP contribution >= 0.6 is 0 Å². The van der Waals surface area contributed by atoms with Crippen molar-refractivity contribution in [1.29, 1.82) is 0 Å². The fourth-order valence-corrected chi connectivity index (χ4v) is 1.89. The van der Waals surface area contributed by atoms with Gasteiger partial charge in [0.1, 0.15) is 5.52 Å². The third kappa shape index (κ3) is 2.21. The summed E-state index contributed by atoms with van der Waals surface area (Å²) < 4.78 is 5.62. The number of nitrogens with one attached hydrogen (secondary N) is 1. The van der Waals surface area contributed by atoms with Crippen molar-refractivity contribution in [2.45, 2.75) is 38.1 Å². The second-order valence-electron chi connectivity index (χ2n) is 5.50. The molecule has 100 valence electrons. The normalized spacial score (nSPS) is 16.8. The number of nitrogens with two attached hydrogens (primary N) is 1. The van der Waals surface area contributed by atoms with Crippen LogP contribution in [0.25, 0.3) is 11.1 Å². The van der Waals surface area contributed by atoms with E-state index < -0.39 is 5.54 Å². The van der Waals surface area contributed by atoms with Crippen molar-refractivity contribution in [2.24, 2.45) is 5.73 Å². The predicted octanol–water partition coefficient (Wildman–Crippen LogP) is 2.38. The average Bonchev–Trinajstić information content (AvgIpc) is 2.97. The van der Waals surface area contributed by atoms with Gasteiger partial charge in [-0.3, -0.25) is 4.79 Å². The third-order valence-corrected chi connectivity index (χ3v) is 3.40. The van der Waals surface area contributed by atoms with Crippen LogP contribution in [0.1, 0.15) is 38.5 Å². The van der Waals surface area contributed by atoms with Crippen molar-refractivity contribution < 1.29 is 9.21 Å². The fourth-order valence-electron chi connectivity index (χ4n) is 1.89. The molecule has 1 aliphatic carbocycles. The van der Waals surface area contributed by atoms with Crippen molar-refractivity contribution in [1.82, 2.24) is 4.98 Å². The topological polar surface area (TPSA) is 81.2 Å². The van der Waals surface area contributed by atoms with Crippen LogP contribution in [-0.2, 0) is 4.79 Å². The number of benzene rings is 1. The first-order valence-electron chi connectivity index (χ1n) is 6.49. The van der Waals surface area contributed by atoms with Crippen molar-refractivity contribution in [3.05, 3.63) is 24.1 Å². The minimum absolute atomic E-state index is 0.126. The van der Waals surface area contributed by atoms with Crippen LogP contribution in [0.3, 0.4) is 0 Å². The van der Waals surface area contributed by atoms with Gasteiger partial charge >= 0.3 is 0 Å². The molecular formula is C14H17N3O2. The molecule has 0 radical (unpaired) electrons. The molecule has 1 saturated carbocycles. The molecule has 5 nitrogen and oxygen atoms in total. The molecule has 1 fully saturated rings. The van der Waals surface area contributed by atoms with Gasteiger partial charge in [-0.1, -0.05) is 13.8 Å². The van der Waals surface area contributed by atoms with Crippen molar-refractivity contribution in [2.75, 3.05) is 5.32 Å². The maximum Gasteiger partial charge on any atom is 0.244 e. The lowest BCUT2D eigenvalue weighted by Gasteiger charge is -2.09. The number of amides is 1. The zero-order valence-corrected chi connectivity index (χ0v) is 11.1. The van der Waals surface area contributed by atoms with Gasteiger partial charge in [-0.15, -0.1) is 0 Å². The lowest BCUT2D eigenvalue weighted by Crippen LogP contribution is -2.37. The number of nitrogens with zero attached hydrogens (tertiary/aromatic N) is 1. The number of rotatable bonds is 3. The van der Waals surface area contributed by atoms with E-state index in [4.69, 9.17) is 10.2 Å². The second kappa shape index (κ2) is 4.06. The molecule has 3 rings (SSSR count). The Morgan fingerprint density at radius 1 is 1.47 bits per heavy atom. The maximum atomic E-state index is 11.9. The number of aromatic nitrogens is 1. The standard InChI is InChI=1S/C14H17N3O2/c1-8(2)12-17-10-7-9(3-4-11(10)19-12)16-13(18)14(15)5-6-14/h3-4,7-8H,5-6,15H2,1-2H3,(H,16,18). The number of anilines is 1. The van der Waals surface area contributed by atoms with Gasteiger partial charge in [0, 0.05) is 11.6 Å². The molecule has 0 spiro atoms. The SMILES string of the molecule is CC(C)c1nc2cc(NC(=O)C3(N)CC3)ccc2o1. The number of hydrogen-bond acceptors (Lipinski definition) is 4. The van der Waals surface area contributed by atoms with Gasteiger partial charge in [-0.2, -0.15) is 0 Å². The molecular weight excluding hydrogens is 242 g/mol. The Balaban J connectivity index is 1.86. The van der Waals surface area contributed by atoms with E-state index >= 15 is 0 Å². The fraction of sp³-hybridized carbons (Fsp3) is 0.429. The summed E-state index contributed by atoms with van der Waals surface area (Å²) in [7, 11) is 0. The molecule has 0 aliphatic heterocycles. The molecule has 0 atom stereocenters. The van der Waals surface area contributed by atoms with E-state index in [1.165, 1.54) is 0 Å². The lowest BCUT2D eigenvalue weighted by atomic mass is 10.2. The van der Waals surface area contributed by atoms with Gasteiger partial charge in [0.2, 0.25) is 5.91 Å². The van der Waals surface area contributed by atoms with Crippen molar-refractivity contribution in [3.8, 4) is 0 Å². The van der Waals surface area contributed by atoms with E-state index in [1.54, 1.807) is 6.07 Å². The van der Waals surface area contributed by atoms with Crippen molar-refractivity contribution >= 4 is 22.7 Å². The summed E-state index contributed by atoms with van der Waals surface area (Å²) in [5, 5.41) is 2.83. The van der Waals surface area contributed by atoms with Gasteiger partial charge in [-0.05, 0) is 31.0 Å². The van der Waals surface area contributed by atoms with E-state index in [-0.39, 0.29) is 11.8 Å². The monoisotopic (exact) mass is 259 g/mol. The van der Waals surface area contributed by atoms with Crippen LogP contribution in [0.4, 0.5) is 5.69 Å². The minimum atomic E-state index is -0.665. The molecule has 0 bridgehead atoms. The Labute approximate surface area is 111 Å². The molecule has 0 unspecified atom stereocenters. The number of carbonyl (C=O) groups is 1. The number of hydrogen-bond donors (Lipinski definition) is 2. The molecule has 0 saturated heterocycles. The Kier molecular flexibility index (Phi) is 2.60. The molecule has 2 aromatic rings. The van der Waals surface area contributed by atoms with Crippen molar-refractivity contribution in [3.63, 3.8) is 0 Å². The summed E-state index contributed by atoms with van der Waals surface area (Å²) >= 11 is 0. The third-order valence-electron chi connectivity index (χ3n) is 3.40. The average molecular weight is 259 g/mol. The first kappa shape index (κ1) is 12.2. The summed E-state index contributed by atoms with van der Waals surface area (Å²) in [6, 6.07) is 5.44. The number of oxazole rings is 1. The molecule has 5 heteroatoms. The first-order valence-corrected chi connectivity index (χ1v) is 6.49. The molecule has 1 aromatic carbocycles. The lowest BCUT2D eigenvalue weighted by molar-refractivity contribution is -0.118.